The maximum Gasteiger partial charge on any atom is 0.326 e. The zero-order chi connectivity index (χ0) is 15.2. The predicted molar refractivity (Wildman–Crippen MR) is 72.5 cm³/mol. The molecule has 1 heterocycles. The van der Waals surface area contributed by atoms with Gasteiger partial charge in [-0.25, -0.2) is 9.59 Å². The largest absolute Gasteiger partial charge is 0.480 e. The molecule has 1 fully saturated rings. The van der Waals surface area contributed by atoms with Crippen LogP contribution in [0.2, 0.25) is 0 Å². The number of hydrogen-bond donors (Lipinski definition) is 3. The van der Waals surface area contributed by atoms with Crippen molar-refractivity contribution in [1.29, 1.82) is 0 Å². The molecule has 3 N–H and O–H groups in total. The highest BCUT2D eigenvalue weighted by molar-refractivity contribution is 5.82. The third-order valence-electron chi connectivity index (χ3n) is 3.47. The molecule has 1 atom stereocenters. The van der Waals surface area contributed by atoms with Crippen molar-refractivity contribution in [2.45, 2.75) is 44.2 Å². The first kappa shape index (κ1) is 16.7. The van der Waals surface area contributed by atoms with E-state index in [0.717, 1.165) is 0 Å². The lowest BCUT2D eigenvalue weighted by Crippen LogP contribution is -2.52. The maximum absolute atomic E-state index is 12.0. The summed E-state index contributed by atoms with van der Waals surface area (Å²) in [5.74, 6) is -1.04. The summed E-state index contributed by atoms with van der Waals surface area (Å²) in [6, 6.07) is -1.37. The molecule has 7 heteroatoms. The average Bonchev–Trinajstić information content (AvgIpc) is 2.38. The fourth-order valence-corrected chi connectivity index (χ4v) is 2.23. The molecule has 1 aliphatic heterocycles. The van der Waals surface area contributed by atoms with Gasteiger partial charge in [-0.05, 0) is 6.42 Å². The summed E-state index contributed by atoms with van der Waals surface area (Å²) in [6.07, 6.45) is 2.00. The van der Waals surface area contributed by atoms with Crippen LogP contribution in [0.25, 0.3) is 0 Å². The molecular weight excluding hydrogens is 264 g/mol. The number of urea groups is 1. The molecular formula is C13H24N2O5. The fourth-order valence-electron chi connectivity index (χ4n) is 2.23. The van der Waals surface area contributed by atoms with Gasteiger partial charge in [-0.15, -0.1) is 0 Å². The number of nitrogens with one attached hydrogen (secondary N) is 1. The molecule has 0 aromatic heterocycles. The second-order valence-electron chi connectivity index (χ2n) is 5.32. The van der Waals surface area contributed by atoms with Gasteiger partial charge < -0.3 is 25.2 Å². The lowest BCUT2D eigenvalue weighted by Gasteiger charge is -2.35. The fraction of sp³-hybridized carbons (Fsp3) is 0.846. The summed E-state index contributed by atoms with van der Waals surface area (Å²) < 4.78 is 5.18. The third kappa shape index (κ3) is 4.97. The van der Waals surface area contributed by atoms with Crippen LogP contribution < -0.4 is 5.32 Å². The Morgan fingerprint density at radius 1 is 1.40 bits per heavy atom. The number of carboxylic acids is 1. The van der Waals surface area contributed by atoms with Crippen LogP contribution in [0.15, 0.2) is 0 Å². The van der Waals surface area contributed by atoms with Crippen molar-refractivity contribution in [2.24, 2.45) is 0 Å². The Labute approximate surface area is 118 Å². The number of aliphatic hydroxyl groups is 1. The number of carboxylic acid groups (broad SMARTS) is 1. The van der Waals surface area contributed by atoms with Crippen molar-refractivity contribution < 1.29 is 24.5 Å². The van der Waals surface area contributed by atoms with Crippen molar-refractivity contribution in [1.82, 2.24) is 10.2 Å². The SMILES string of the molecule is CCC[C@H](NC(=O)N(C)CC1(O)CCOCC1)C(=O)O. The maximum atomic E-state index is 12.0. The number of aliphatic carboxylic acids is 1. The minimum Gasteiger partial charge on any atom is -0.480 e. The van der Waals surface area contributed by atoms with Crippen molar-refractivity contribution in [2.75, 3.05) is 26.8 Å². The van der Waals surface area contributed by atoms with Crippen LogP contribution in [0, 0.1) is 0 Å². The minimum absolute atomic E-state index is 0.167. The topological polar surface area (TPSA) is 99.1 Å². The Balaban J connectivity index is 2.51. The average molecular weight is 288 g/mol. The molecule has 1 saturated heterocycles. The van der Waals surface area contributed by atoms with Gasteiger partial charge in [0.15, 0.2) is 0 Å². The van der Waals surface area contributed by atoms with Gasteiger partial charge in [-0.2, -0.15) is 0 Å². The van der Waals surface area contributed by atoms with Gasteiger partial charge in [0, 0.05) is 33.1 Å². The molecule has 0 bridgehead atoms. The van der Waals surface area contributed by atoms with Crippen LogP contribution in [-0.2, 0) is 9.53 Å². The summed E-state index contributed by atoms with van der Waals surface area (Å²) in [4.78, 5) is 24.3. The highest BCUT2D eigenvalue weighted by atomic mass is 16.5. The van der Waals surface area contributed by atoms with Gasteiger partial charge in [-0.3, -0.25) is 0 Å². The molecule has 0 spiro atoms. The van der Waals surface area contributed by atoms with Crippen molar-refractivity contribution in [3.8, 4) is 0 Å². The van der Waals surface area contributed by atoms with E-state index in [1.165, 1.54) is 4.90 Å². The number of carbonyl (C=O) groups excluding carboxylic acids is 1. The van der Waals surface area contributed by atoms with Crippen LogP contribution in [0.1, 0.15) is 32.6 Å². The molecule has 7 nitrogen and oxygen atoms in total. The van der Waals surface area contributed by atoms with E-state index < -0.39 is 23.6 Å². The second kappa shape index (κ2) is 7.44. The van der Waals surface area contributed by atoms with Crippen LogP contribution >= 0.6 is 0 Å². The zero-order valence-corrected chi connectivity index (χ0v) is 12.1. The van der Waals surface area contributed by atoms with Gasteiger partial charge in [-0.1, -0.05) is 13.3 Å². The minimum atomic E-state index is -1.04. The molecule has 1 rings (SSSR count). The van der Waals surface area contributed by atoms with E-state index >= 15 is 0 Å². The molecule has 0 radical (unpaired) electrons. The summed E-state index contributed by atoms with van der Waals surface area (Å²) in [7, 11) is 1.55. The Bertz CT molecular complexity index is 342. The molecule has 0 aromatic rings. The monoisotopic (exact) mass is 288 g/mol. The molecule has 0 aliphatic carbocycles. The summed E-state index contributed by atoms with van der Waals surface area (Å²) >= 11 is 0. The normalized spacial score (nSPS) is 19.1. The van der Waals surface area contributed by atoms with E-state index in [-0.39, 0.29) is 6.54 Å². The van der Waals surface area contributed by atoms with Crippen LogP contribution in [-0.4, -0.2) is 65.6 Å². The quantitative estimate of drug-likeness (QED) is 0.658. The van der Waals surface area contributed by atoms with Crippen molar-refractivity contribution in [3.05, 3.63) is 0 Å². The molecule has 2 amide bonds. The van der Waals surface area contributed by atoms with Crippen molar-refractivity contribution >= 4 is 12.0 Å². The lowest BCUT2D eigenvalue weighted by molar-refractivity contribution is -0.139. The summed E-state index contributed by atoms with van der Waals surface area (Å²) in [6.45, 7) is 2.97. The van der Waals surface area contributed by atoms with Crippen LogP contribution in [0.4, 0.5) is 4.79 Å². The third-order valence-corrected chi connectivity index (χ3v) is 3.47. The summed E-state index contributed by atoms with van der Waals surface area (Å²) in [5, 5.41) is 21.8. The molecule has 0 unspecified atom stereocenters. The number of nitrogens with zero attached hydrogens (tertiary/aromatic N) is 1. The molecule has 1 aliphatic rings. The number of hydrogen-bond acceptors (Lipinski definition) is 4. The highest BCUT2D eigenvalue weighted by Crippen LogP contribution is 2.21. The molecule has 20 heavy (non-hydrogen) atoms. The number of ether oxygens (including phenoxy) is 1. The first-order valence-corrected chi connectivity index (χ1v) is 6.92. The smallest absolute Gasteiger partial charge is 0.326 e. The predicted octanol–water partition coefficient (Wildman–Crippen LogP) is 0.423. The Morgan fingerprint density at radius 3 is 2.50 bits per heavy atom. The first-order chi connectivity index (χ1) is 9.38. The molecule has 0 saturated carbocycles. The van der Waals surface area contributed by atoms with Crippen molar-refractivity contribution in [3.63, 3.8) is 0 Å². The number of amides is 2. The number of likely N-dealkylation sites (N-methyl/N-ethyl adjacent to an activating group) is 1. The van der Waals surface area contributed by atoms with Gasteiger partial charge in [0.1, 0.15) is 6.04 Å². The Hall–Kier alpha value is -1.34. The van der Waals surface area contributed by atoms with Gasteiger partial charge >= 0.3 is 12.0 Å². The van der Waals surface area contributed by atoms with Crippen LogP contribution in [0.3, 0.4) is 0 Å². The van der Waals surface area contributed by atoms with E-state index in [0.29, 0.717) is 38.9 Å². The van der Waals surface area contributed by atoms with E-state index in [1.807, 2.05) is 6.92 Å². The standard InChI is InChI=1S/C13H24N2O5/c1-3-4-10(11(16)17)14-12(18)15(2)9-13(19)5-7-20-8-6-13/h10,19H,3-9H2,1-2H3,(H,14,18)(H,16,17)/t10-/m0/s1. The number of carbonyl (C=O) groups is 2. The molecule has 116 valence electrons. The van der Waals surface area contributed by atoms with Gasteiger partial charge in [0.25, 0.3) is 0 Å². The van der Waals surface area contributed by atoms with E-state index in [9.17, 15) is 14.7 Å². The first-order valence-electron chi connectivity index (χ1n) is 6.92. The van der Waals surface area contributed by atoms with Gasteiger partial charge in [0.2, 0.25) is 0 Å². The highest BCUT2D eigenvalue weighted by Gasteiger charge is 2.33. The second-order valence-corrected chi connectivity index (χ2v) is 5.32. The number of rotatable bonds is 6. The van der Waals surface area contributed by atoms with Gasteiger partial charge in [0.05, 0.1) is 12.1 Å². The summed E-state index contributed by atoms with van der Waals surface area (Å²) in [5.41, 5.74) is -0.951. The van der Waals surface area contributed by atoms with E-state index in [4.69, 9.17) is 9.84 Å². The zero-order valence-electron chi connectivity index (χ0n) is 12.1. The molecule has 0 aromatic carbocycles. The Morgan fingerprint density at radius 2 is 2.00 bits per heavy atom. The van der Waals surface area contributed by atoms with E-state index in [1.54, 1.807) is 7.05 Å². The lowest BCUT2D eigenvalue weighted by atomic mass is 9.94. The van der Waals surface area contributed by atoms with E-state index in [2.05, 4.69) is 5.32 Å². The van der Waals surface area contributed by atoms with Crippen LogP contribution in [0.5, 0.6) is 0 Å². The Kier molecular flexibility index (Phi) is 6.22.